The van der Waals surface area contributed by atoms with E-state index >= 15 is 0 Å². The van der Waals surface area contributed by atoms with E-state index in [0.717, 1.165) is 42.2 Å². The molecule has 4 nitrogen and oxygen atoms in total. The maximum absolute atomic E-state index is 11.5. The molecule has 1 heterocycles. The maximum Gasteiger partial charge on any atom is 0.373 e. The van der Waals surface area contributed by atoms with Crippen LogP contribution in [0.4, 0.5) is 0 Å². The van der Waals surface area contributed by atoms with E-state index in [2.05, 4.69) is 0 Å². The fourth-order valence-corrected chi connectivity index (χ4v) is 5.72. The number of nitrogens with zero attached hydrogens (tertiary/aromatic N) is 1. The van der Waals surface area contributed by atoms with Gasteiger partial charge < -0.3 is 9.52 Å². The van der Waals surface area contributed by atoms with Crippen molar-refractivity contribution in [3.63, 3.8) is 0 Å². The Morgan fingerprint density at radius 1 is 1.10 bits per heavy atom. The lowest BCUT2D eigenvalue weighted by Gasteiger charge is -2.55. The van der Waals surface area contributed by atoms with Gasteiger partial charge in [-0.05, 0) is 69.1 Å². The molecule has 6 rings (SSSR count). The fraction of sp³-hybridized carbons (Fsp3) is 0.765. The zero-order valence-corrected chi connectivity index (χ0v) is 12.2. The molecule has 5 fully saturated rings. The van der Waals surface area contributed by atoms with Gasteiger partial charge in [0.1, 0.15) is 0 Å². The molecule has 0 amide bonds. The molecule has 112 valence electrons. The molecule has 5 aliphatic carbocycles. The summed E-state index contributed by atoms with van der Waals surface area (Å²) in [5.74, 6) is 2.74. The fourth-order valence-electron chi connectivity index (χ4n) is 5.72. The summed E-state index contributed by atoms with van der Waals surface area (Å²) in [6, 6.07) is 0. The van der Waals surface area contributed by atoms with Crippen molar-refractivity contribution in [1.29, 1.82) is 0 Å². The standard InChI is InChI=1S/C17H21NO3/c19-15(20)14-13(12-1-2-12)18-16(21-14)17-6-9-3-10(7-17)5-11(4-9)8-17/h9-12H,1-8H2,(H,19,20). The van der Waals surface area contributed by atoms with Crippen molar-refractivity contribution >= 4 is 5.97 Å². The number of aromatic nitrogens is 1. The number of hydrogen-bond acceptors (Lipinski definition) is 3. The molecule has 4 bridgehead atoms. The Hall–Kier alpha value is -1.32. The van der Waals surface area contributed by atoms with Gasteiger partial charge in [-0.25, -0.2) is 9.78 Å². The Kier molecular flexibility index (Phi) is 2.28. The van der Waals surface area contributed by atoms with E-state index in [4.69, 9.17) is 9.40 Å². The summed E-state index contributed by atoms with van der Waals surface area (Å²) in [7, 11) is 0. The summed E-state index contributed by atoms with van der Waals surface area (Å²) in [5.41, 5.74) is 0.791. The van der Waals surface area contributed by atoms with Gasteiger partial charge in [-0.3, -0.25) is 0 Å². The van der Waals surface area contributed by atoms with Gasteiger partial charge in [0.15, 0.2) is 0 Å². The van der Waals surface area contributed by atoms with Crippen LogP contribution >= 0.6 is 0 Å². The molecule has 21 heavy (non-hydrogen) atoms. The van der Waals surface area contributed by atoms with Gasteiger partial charge in [-0.2, -0.15) is 0 Å². The Balaban J connectivity index is 1.58. The van der Waals surface area contributed by atoms with Crippen molar-refractivity contribution in [1.82, 2.24) is 4.98 Å². The van der Waals surface area contributed by atoms with Crippen LogP contribution in [0.25, 0.3) is 0 Å². The molecule has 0 radical (unpaired) electrons. The number of carbonyl (C=O) groups is 1. The van der Waals surface area contributed by atoms with E-state index in [1.165, 1.54) is 38.5 Å². The van der Waals surface area contributed by atoms with E-state index in [1.807, 2.05) is 0 Å². The minimum atomic E-state index is -0.944. The van der Waals surface area contributed by atoms with Gasteiger partial charge >= 0.3 is 5.97 Å². The molecule has 0 unspecified atom stereocenters. The molecule has 5 saturated carbocycles. The summed E-state index contributed by atoms with van der Waals surface area (Å²) in [5, 5.41) is 9.40. The third-order valence-corrected chi connectivity index (χ3v) is 6.30. The quantitative estimate of drug-likeness (QED) is 0.920. The number of oxazole rings is 1. The highest BCUT2D eigenvalue weighted by molar-refractivity contribution is 5.86. The maximum atomic E-state index is 11.5. The van der Waals surface area contributed by atoms with Crippen LogP contribution in [0.3, 0.4) is 0 Å². The second kappa shape index (κ2) is 3.90. The summed E-state index contributed by atoms with van der Waals surface area (Å²) < 4.78 is 5.85. The van der Waals surface area contributed by atoms with Crippen molar-refractivity contribution in [2.75, 3.05) is 0 Å². The van der Waals surface area contributed by atoms with Crippen LogP contribution in [-0.4, -0.2) is 16.1 Å². The predicted molar refractivity (Wildman–Crippen MR) is 75.3 cm³/mol. The Morgan fingerprint density at radius 3 is 2.14 bits per heavy atom. The predicted octanol–water partition coefficient (Wildman–Crippen LogP) is 3.72. The smallest absolute Gasteiger partial charge is 0.373 e. The topological polar surface area (TPSA) is 63.3 Å². The van der Waals surface area contributed by atoms with Gasteiger partial charge in [-0.1, -0.05) is 0 Å². The van der Waals surface area contributed by atoms with Crippen LogP contribution < -0.4 is 0 Å². The Bertz CT molecular complexity index is 578. The summed E-state index contributed by atoms with van der Waals surface area (Å²) in [4.78, 5) is 16.2. The van der Waals surface area contributed by atoms with Crippen LogP contribution in [0.1, 0.15) is 79.4 Å². The van der Waals surface area contributed by atoms with E-state index < -0.39 is 5.97 Å². The molecule has 1 aromatic rings. The van der Waals surface area contributed by atoms with Crippen LogP contribution in [-0.2, 0) is 5.41 Å². The van der Waals surface area contributed by atoms with E-state index in [9.17, 15) is 9.90 Å². The van der Waals surface area contributed by atoms with Gasteiger partial charge in [0.2, 0.25) is 11.7 Å². The number of carboxylic acid groups (broad SMARTS) is 1. The van der Waals surface area contributed by atoms with Crippen molar-refractivity contribution in [2.45, 2.75) is 62.7 Å². The first kappa shape index (κ1) is 12.2. The molecule has 0 saturated heterocycles. The highest BCUT2D eigenvalue weighted by Crippen LogP contribution is 2.61. The third kappa shape index (κ3) is 1.74. The zero-order chi connectivity index (χ0) is 14.2. The Morgan fingerprint density at radius 2 is 1.67 bits per heavy atom. The SMILES string of the molecule is O=C(O)c1oc(C23CC4CC(CC(C4)C2)C3)nc1C1CC1. The number of carboxylic acids is 1. The van der Waals surface area contributed by atoms with Crippen LogP contribution in [0.5, 0.6) is 0 Å². The van der Waals surface area contributed by atoms with E-state index in [-0.39, 0.29) is 11.2 Å². The normalized spacial score (nSPS) is 40.7. The van der Waals surface area contributed by atoms with Crippen molar-refractivity contribution in [3.05, 3.63) is 17.3 Å². The van der Waals surface area contributed by atoms with Crippen molar-refractivity contribution < 1.29 is 14.3 Å². The van der Waals surface area contributed by atoms with Crippen LogP contribution in [0.15, 0.2) is 4.42 Å². The molecule has 4 heteroatoms. The molecule has 5 aliphatic rings. The zero-order valence-electron chi connectivity index (χ0n) is 12.2. The van der Waals surface area contributed by atoms with Crippen molar-refractivity contribution in [3.8, 4) is 0 Å². The second-order valence-corrected chi connectivity index (χ2v) is 8.01. The molecular weight excluding hydrogens is 266 g/mol. The first-order valence-electron chi connectivity index (χ1n) is 8.37. The van der Waals surface area contributed by atoms with Gasteiger partial charge in [0.05, 0.1) is 5.69 Å². The molecule has 0 atom stereocenters. The average Bonchev–Trinajstić information content (AvgIpc) is 3.15. The van der Waals surface area contributed by atoms with Crippen LogP contribution in [0, 0.1) is 17.8 Å². The average molecular weight is 287 g/mol. The van der Waals surface area contributed by atoms with Crippen LogP contribution in [0.2, 0.25) is 0 Å². The van der Waals surface area contributed by atoms with Gasteiger partial charge in [0, 0.05) is 11.3 Å². The molecule has 1 aromatic heterocycles. The number of aromatic carboxylic acids is 1. The highest BCUT2D eigenvalue weighted by atomic mass is 16.4. The van der Waals surface area contributed by atoms with Gasteiger partial charge in [0.25, 0.3) is 0 Å². The minimum absolute atomic E-state index is 0.0616. The first-order chi connectivity index (χ1) is 10.1. The monoisotopic (exact) mass is 287 g/mol. The summed E-state index contributed by atoms with van der Waals surface area (Å²) in [6.45, 7) is 0. The van der Waals surface area contributed by atoms with Gasteiger partial charge in [-0.15, -0.1) is 0 Å². The summed E-state index contributed by atoms with van der Waals surface area (Å²) >= 11 is 0. The van der Waals surface area contributed by atoms with E-state index in [1.54, 1.807) is 0 Å². The molecular formula is C17H21NO3. The van der Waals surface area contributed by atoms with Crippen molar-refractivity contribution in [2.24, 2.45) is 17.8 Å². The molecule has 0 spiro atoms. The lowest BCUT2D eigenvalue weighted by molar-refractivity contribution is -0.0182. The molecule has 0 aliphatic heterocycles. The molecule has 0 aromatic carbocycles. The Labute approximate surface area is 123 Å². The lowest BCUT2D eigenvalue weighted by atomic mass is 9.49. The lowest BCUT2D eigenvalue weighted by Crippen LogP contribution is -2.48. The highest BCUT2D eigenvalue weighted by Gasteiger charge is 2.54. The largest absolute Gasteiger partial charge is 0.475 e. The second-order valence-electron chi connectivity index (χ2n) is 8.01. The number of hydrogen-bond donors (Lipinski definition) is 1. The minimum Gasteiger partial charge on any atom is -0.475 e. The first-order valence-corrected chi connectivity index (χ1v) is 8.37. The molecule has 1 N–H and O–H groups in total. The summed E-state index contributed by atoms with van der Waals surface area (Å²) in [6.07, 6.45) is 9.76. The third-order valence-electron chi connectivity index (χ3n) is 6.30. The number of rotatable bonds is 3. The van der Waals surface area contributed by atoms with E-state index in [0.29, 0.717) is 5.92 Å².